The molecule has 1 aliphatic rings. The highest BCUT2D eigenvalue weighted by Gasteiger charge is 2.35. The minimum Gasteiger partial charge on any atom is -0.412 e. The van der Waals surface area contributed by atoms with Gasteiger partial charge in [0.1, 0.15) is 6.54 Å². The van der Waals surface area contributed by atoms with E-state index in [1.807, 2.05) is 31.4 Å². The summed E-state index contributed by atoms with van der Waals surface area (Å²) in [6, 6.07) is 8.04. The van der Waals surface area contributed by atoms with E-state index in [1.165, 1.54) is 5.56 Å². The summed E-state index contributed by atoms with van der Waals surface area (Å²) in [5, 5.41) is 1.05. The first-order chi connectivity index (χ1) is 9.84. The molecule has 0 aliphatic carbocycles. The molecule has 0 spiro atoms. The predicted octanol–water partition coefficient (Wildman–Crippen LogP) is 2.03. The molecule has 0 saturated heterocycles. The first kappa shape index (κ1) is 10.1. The number of aryl methyl sites for hydroxylation is 1. The lowest BCUT2D eigenvalue weighted by Gasteiger charge is -1.91. The zero-order valence-electron chi connectivity index (χ0n) is 10.9. The Kier molecular flexibility index (Phi) is 1.65. The molecular formula is C15H11N4O+. The molecule has 5 heteroatoms. The van der Waals surface area contributed by atoms with Crippen LogP contribution in [-0.2, 0) is 13.6 Å². The fourth-order valence-electron chi connectivity index (χ4n) is 3.12. The molecule has 0 saturated carbocycles. The van der Waals surface area contributed by atoms with Crippen LogP contribution in [0.15, 0.2) is 41.1 Å². The topological polar surface area (TPSA) is 47.7 Å². The van der Waals surface area contributed by atoms with Crippen LogP contribution in [0.3, 0.4) is 0 Å². The molecule has 4 aromatic rings. The van der Waals surface area contributed by atoms with E-state index in [4.69, 9.17) is 4.42 Å². The van der Waals surface area contributed by atoms with Crippen molar-refractivity contribution in [1.82, 2.24) is 14.5 Å². The van der Waals surface area contributed by atoms with E-state index in [9.17, 15) is 0 Å². The van der Waals surface area contributed by atoms with Crippen molar-refractivity contribution in [3.05, 3.63) is 42.2 Å². The minimum atomic E-state index is 0.801. The molecule has 5 heterocycles. The van der Waals surface area contributed by atoms with E-state index < -0.39 is 0 Å². The molecule has 0 aromatic carbocycles. The van der Waals surface area contributed by atoms with Crippen LogP contribution in [0, 0.1) is 0 Å². The Morgan fingerprint density at radius 1 is 1.20 bits per heavy atom. The Balaban J connectivity index is 1.97. The molecule has 0 unspecified atom stereocenters. The van der Waals surface area contributed by atoms with Crippen LogP contribution in [0.4, 0.5) is 0 Å². The Labute approximate surface area is 114 Å². The number of oxazole rings is 1. The van der Waals surface area contributed by atoms with Crippen molar-refractivity contribution < 1.29 is 8.98 Å². The van der Waals surface area contributed by atoms with Crippen LogP contribution in [0.2, 0.25) is 0 Å². The van der Waals surface area contributed by atoms with Gasteiger partial charge in [0.25, 0.3) is 0 Å². The van der Waals surface area contributed by atoms with Gasteiger partial charge in [-0.1, -0.05) is 6.07 Å². The van der Waals surface area contributed by atoms with Gasteiger partial charge in [-0.3, -0.25) is 0 Å². The maximum atomic E-state index is 6.11. The summed E-state index contributed by atoms with van der Waals surface area (Å²) in [5.41, 5.74) is 5.04. The number of rotatable bonds is 0. The van der Waals surface area contributed by atoms with Gasteiger partial charge in [0.2, 0.25) is 11.2 Å². The number of hydrogen-bond acceptors (Lipinski definition) is 3. The van der Waals surface area contributed by atoms with Gasteiger partial charge in [-0.05, 0) is 18.2 Å². The van der Waals surface area contributed by atoms with Crippen molar-refractivity contribution in [2.24, 2.45) is 7.05 Å². The molecule has 0 atom stereocenters. The molecule has 96 valence electrons. The van der Waals surface area contributed by atoms with Gasteiger partial charge >= 0.3 is 11.5 Å². The summed E-state index contributed by atoms with van der Waals surface area (Å²) >= 11 is 0. The van der Waals surface area contributed by atoms with Crippen LogP contribution < -0.4 is 4.57 Å². The first-order valence-electron chi connectivity index (χ1n) is 6.54. The van der Waals surface area contributed by atoms with E-state index >= 15 is 0 Å². The fourth-order valence-corrected chi connectivity index (χ4v) is 3.12. The zero-order chi connectivity index (χ0) is 13.3. The monoisotopic (exact) mass is 263 g/mol. The lowest BCUT2D eigenvalue weighted by atomic mass is 10.2. The average Bonchev–Trinajstić information content (AvgIpc) is 3.09. The third-order valence-electron chi connectivity index (χ3n) is 3.99. The molecule has 5 rings (SSSR count). The number of pyridine rings is 2. The fraction of sp³-hybridized carbons (Fsp3) is 0.133. The summed E-state index contributed by atoms with van der Waals surface area (Å²) in [6.45, 7) is 0.801. The van der Waals surface area contributed by atoms with Gasteiger partial charge < -0.3 is 4.42 Å². The Hall–Kier alpha value is -2.69. The normalized spacial score (nSPS) is 13.1. The van der Waals surface area contributed by atoms with Gasteiger partial charge in [0, 0.05) is 18.0 Å². The van der Waals surface area contributed by atoms with E-state index in [1.54, 1.807) is 6.20 Å². The second-order valence-electron chi connectivity index (χ2n) is 5.09. The molecule has 5 nitrogen and oxygen atoms in total. The molecule has 20 heavy (non-hydrogen) atoms. The van der Waals surface area contributed by atoms with E-state index in [-0.39, 0.29) is 0 Å². The lowest BCUT2D eigenvalue weighted by Crippen LogP contribution is -2.32. The summed E-state index contributed by atoms with van der Waals surface area (Å²) in [4.78, 5) is 8.88. The first-order valence-corrected chi connectivity index (χ1v) is 6.54. The van der Waals surface area contributed by atoms with E-state index in [0.29, 0.717) is 0 Å². The Morgan fingerprint density at radius 3 is 3.00 bits per heavy atom. The molecule has 0 amide bonds. The third-order valence-corrected chi connectivity index (χ3v) is 3.99. The second-order valence-corrected chi connectivity index (χ2v) is 5.09. The molecule has 0 bridgehead atoms. The third kappa shape index (κ3) is 1.02. The smallest absolute Gasteiger partial charge is 0.330 e. The summed E-state index contributed by atoms with van der Waals surface area (Å²) in [7, 11) is 2.02. The van der Waals surface area contributed by atoms with Crippen LogP contribution in [0.1, 0.15) is 5.56 Å². The molecular weight excluding hydrogens is 252 g/mol. The van der Waals surface area contributed by atoms with E-state index in [0.717, 1.165) is 40.4 Å². The average molecular weight is 263 g/mol. The number of fused-ring (bicyclic) bond motifs is 7. The zero-order valence-corrected chi connectivity index (χ0v) is 10.9. The lowest BCUT2D eigenvalue weighted by molar-refractivity contribution is -0.652. The second kappa shape index (κ2) is 3.25. The molecule has 4 aromatic heterocycles. The molecule has 0 N–H and O–H groups in total. The largest absolute Gasteiger partial charge is 0.412 e. The van der Waals surface area contributed by atoms with Crippen molar-refractivity contribution in [1.29, 1.82) is 0 Å². The Bertz CT molecular complexity index is 996. The molecule has 0 radical (unpaired) electrons. The van der Waals surface area contributed by atoms with Crippen molar-refractivity contribution >= 4 is 22.3 Å². The van der Waals surface area contributed by atoms with Gasteiger partial charge in [0.05, 0.1) is 12.4 Å². The highest BCUT2D eigenvalue weighted by Crippen LogP contribution is 2.33. The van der Waals surface area contributed by atoms with Crippen molar-refractivity contribution in [3.8, 4) is 11.6 Å². The van der Waals surface area contributed by atoms with Crippen LogP contribution in [0.5, 0.6) is 0 Å². The number of aromatic nitrogens is 4. The van der Waals surface area contributed by atoms with Crippen molar-refractivity contribution in [2.75, 3.05) is 0 Å². The van der Waals surface area contributed by atoms with Gasteiger partial charge in [-0.15, -0.1) is 0 Å². The standard InChI is InChI=1S/C15H11N4O/c1-18-13-10(5-3-7-17-13)12-14(18)19-8-9-4-2-6-16-11(9)15(19)20-12/h2-7H,8H2,1H3/q+1. The van der Waals surface area contributed by atoms with Gasteiger partial charge in [-0.2, -0.15) is 4.57 Å². The van der Waals surface area contributed by atoms with E-state index in [2.05, 4.69) is 25.2 Å². The minimum absolute atomic E-state index is 0.801. The maximum absolute atomic E-state index is 6.11. The van der Waals surface area contributed by atoms with Gasteiger partial charge in [0.15, 0.2) is 5.69 Å². The Morgan fingerprint density at radius 2 is 2.05 bits per heavy atom. The molecule has 0 fully saturated rings. The summed E-state index contributed by atoms with van der Waals surface area (Å²) in [5.74, 6) is 0.840. The number of hydrogen-bond donors (Lipinski definition) is 0. The van der Waals surface area contributed by atoms with Crippen LogP contribution in [0.25, 0.3) is 33.8 Å². The highest BCUT2D eigenvalue weighted by molar-refractivity contribution is 6.00. The predicted molar refractivity (Wildman–Crippen MR) is 73.0 cm³/mol. The van der Waals surface area contributed by atoms with Crippen LogP contribution >= 0.6 is 0 Å². The highest BCUT2D eigenvalue weighted by atomic mass is 16.4. The quantitative estimate of drug-likeness (QED) is 0.402. The summed E-state index contributed by atoms with van der Waals surface area (Å²) < 4.78 is 10.4. The summed E-state index contributed by atoms with van der Waals surface area (Å²) in [6.07, 6.45) is 3.61. The van der Waals surface area contributed by atoms with Crippen molar-refractivity contribution in [2.45, 2.75) is 6.54 Å². The maximum Gasteiger partial charge on any atom is 0.330 e. The SMILES string of the molecule is Cn1c2ncccc2c2oc3[n+](c21)Cc1cccnc1-3. The van der Waals surface area contributed by atoms with Crippen LogP contribution in [-0.4, -0.2) is 14.5 Å². The van der Waals surface area contributed by atoms with Gasteiger partial charge in [-0.25, -0.2) is 14.5 Å². The number of nitrogens with zero attached hydrogens (tertiary/aromatic N) is 4. The molecule has 1 aliphatic heterocycles. The van der Waals surface area contributed by atoms with Crippen molar-refractivity contribution in [3.63, 3.8) is 0 Å².